The Labute approximate surface area is 93.8 Å². The summed E-state index contributed by atoms with van der Waals surface area (Å²) in [5, 5.41) is 0. The van der Waals surface area contributed by atoms with Crippen LogP contribution >= 0.6 is 0 Å². The Bertz CT molecular complexity index is 458. The number of ketones is 1. The van der Waals surface area contributed by atoms with Crippen molar-refractivity contribution in [3.63, 3.8) is 0 Å². The van der Waals surface area contributed by atoms with Crippen molar-refractivity contribution in [1.82, 2.24) is 9.97 Å². The summed E-state index contributed by atoms with van der Waals surface area (Å²) in [6.07, 6.45) is 5.23. The summed E-state index contributed by atoms with van der Waals surface area (Å²) in [5.41, 5.74) is 5.88. The third kappa shape index (κ3) is 4.03. The quantitative estimate of drug-likeness (QED) is 0.694. The van der Waals surface area contributed by atoms with Crippen molar-refractivity contribution >= 4 is 15.6 Å². The molecule has 7 heteroatoms. The maximum absolute atomic E-state index is 11.7. The van der Waals surface area contributed by atoms with E-state index in [4.69, 9.17) is 5.73 Å². The van der Waals surface area contributed by atoms with Crippen molar-refractivity contribution in [3.8, 4) is 0 Å². The summed E-state index contributed by atoms with van der Waals surface area (Å²) in [7, 11) is -3.10. The summed E-state index contributed by atoms with van der Waals surface area (Å²) >= 11 is 0. The molecule has 0 spiro atoms. The monoisotopic (exact) mass is 243 g/mol. The molecule has 1 rings (SSSR count). The largest absolute Gasteiger partial charge is 0.321 e. The van der Waals surface area contributed by atoms with Crippen LogP contribution in [-0.4, -0.2) is 42.2 Å². The molecule has 0 aliphatic carbocycles. The van der Waals surface area contributed by atoms with Crippen LogP contribution in [0.5, 0.6) is 0 Å². The summed E-state index contributed by atoms with van der Waals surface area (Å²) < 4.78 is 21.8. The summed E-state index contributed by atoms with van der Waals surface area (Å²) in [4.78, 5) is 19.0. The third-order valence-electron chi connectivity index (χ3n) is 1.98. The van der Waals surface area contributed by atoms with Crippen LogP contribution in [0.1, 0.15) is 16.8 Å². The second kappa shape index (κ2) is 5.13. The van der Waals surface area contributed by atoms with E-state index in [1.807, 2.05) is 0 Å². The van der Waals surface area contributed by atoms with Gasteiger partial charge in [0.05, 0.1) is 17.4 Å². The molecule has 0 aromatic carbocycles. The zero-order valence-corrected chi connectivity index (χ0v) is 9.64. The lowest BCUT2D eigenvalue weighted by Gasteiger charge is -2.08. The van der Waals surface area contributed by atoms with Crippen LogP contribution in [0.15, 0.2) is 18.7 Å². The Hall–Kier alpha value is -1.34. The second-order valence-electron chi connectivity index (χ2n) is 3.52. The average Bonchev–Trinajstić information content (AvgIpc) is 2.25. The van der Waals surface area contributed by atoms with Crippen LogP contribution in [0.2, 0.25) is 0 Å². The van der Waals surface area contributed by atoms with Gasteiger partial charge in [-0.1, -0.05) is 0 Å². The van der Waals surface area contributed by atoms with Gasteiger partial charge in [-0.15, -0.1) is 0 Å². The van der Waals surface area contributed by atoms with Gasteiger partial charge in [-0.05, 0) is 6.42 Å². The molecular formula is C9H13N3O3S. The standard InChI is InChI=1S/C9H13N3O3S/c1-16(14,15)3-2-8(10)9(13)7-4-11-6-12-5-7/h4-6,8H,2-3,10H2,1H3. The predicted molar refractivity (Wildman–Crippen MR) is 58.7 cm³/mol. The fourth-order valence-electron chi connectivity index (χ4n) is 1.11. The van der Waals surface area contributed by atoms with Gasteiger partial charge in [0, 0.05) is 18.6 Å². The highest BCUT2D eigenvalue weighted by Gasteiger charge is 2.17. The second-order valence-corrected chi connectivity index (χ2v) is 5.78. The zero-order chi connectivity index (χ0) is 12.2. The SMILES string of the molecule is CS(=O)(=O)CCC(N)C(=O)c1cncnc1. The molecule has 16 heavy (non-hydrogen) atoms. The minimum absolute atomic E-state index is 0.104. The first-order chi connectivity index (χ1) is 7.40. The van der Waals surface area contributed by atoms with Crippen LogP contribution in [0.25, 0.3) is 0 Å². The molecule has 0 aliphatic rings. The fourth-order valence-corrected chi connectivity index (χ4v) is 1.79. The van der Waals surface area contributed by atoms with Crippen LogP contribution < -0.4 is 5.73 Å². The van der Waals surface area contributed by atoms with E-state index in [2.05, 4.69) is 9.97 Å². The highest BCUT2D eigenvalue weighted by atomic mass is 32.2. The van der Waals surface area contributed by atoms with E-state index >= 15 is 0 Å². The molecule has 0 amide bonds. The van der Waals surface area contributed by atoms with Crippen LogP contribution in [-0.2, 0) is 9.84 Å². The number of hydrogen-bond acceptors (Lipinski definition) is 6. The molecular weight excluding hydrogens is 230 g/mol. The lowest BCUT2D eigenvalue weighted by Crippen LogP contribution is -2.32. The normalized spacial score (nSPS) is 13.4. The van der Waals surface area contributed by atoms with Gasteiger partial charge < -0.3 is 5.73 Å². The molecule has 6 nitrogen and oxygen atoms in total. The number of nitrogens with two attached hydrogens (primary N) is 1. The van der Waals surface area contributed by atoms with Crippen molar-refractivity contribution in [1.29, 1.82) is 0 Å². The van der Waals surface area contributed by atoms with E-state index in [0.29, 0.717) is 5.56 Å². The van der Waals surface area contributed by atoms with Crippen molar-refractivity contribution in [2.45, 2.75) is 12.5 Å². The fraction of sp³-hybridized carbons (Fsp3) is 0.444. The van der Waals surface area contributed by atoms with Gasteiger partial charge in [0.1, 0.15) is 16.2 Å². The molecule has 1 aromatic rings. The van der Waals surface area contributed by atoms with Crippen molar-refractivity contribution < 1.29 is 13.2 Å². The maximum atomic E-state index is 11.7. The Morgan fingerprint density at radius 3 is 2.50 bits per heavy atom. The predicted octanol–water partition coefficient (Wildman–Crippen LogP) is -0.579. The average molecular weight is 243 g/mol. The molecule has 0 saturated heterocycles. The number of carbonyl (C=O) groups excluding carboxylic acids is 1. The van der Waals surface area contributed by atoms with Crippen molar-refractivity contribution in [3.05, 3.63) is 24.3 Å². The number of sulfone groups is 1. The minimum atomic E-state index is -3.10. The number of Topliss-reactive ketones (excluding diaryl/α,β-unsaturated/α-hetero) is 1. The van der Waals surface area contributed by atoms with Gasteiger partial charge in [-0.2, -0.15) is 0 Å². The molecule has 1 unspecified atom stereocenters. The van der Waals surface area contributed by atoms with Crippen molar-refractivity contribution in [2.75, 3.05) is 12.0 Å². The molecule has 1 heterocycles. The number of nitrogens with zero attached hydrogens (tertiary/aromatic N) is 2. The van der Waals surface area contributed by atoms with Crippen LogP contribution in [0, 0.1) is 0 Å². The Morgan fingerprint density at radius 2 is 2.00 bits per heavy atom. The molecule has 0 saturated carbocycles. The number of carbonyl (C=O) groups is 1. The highest BCUT2D eigenvalue weighted by molar-refractivity contribution is 7.90. The lowest BCUT2D eigenvalue weighted by molar-refractivity contribution is 0.0959. The van der Waals surface area contributed by atoms with Gasteiger partial charge in [0.2, 0.25) is 0 Å². The van der Waals surface area contributed by atoms with Gasteiger partial charge in [-0.25, -0.2) is 18.4 Å². The molecule has 2 N–H and O–H groups in total. The van der Waals surface area contributed by atoms with E-state index in [-0.39, 0.29) is 18.0 Å². The smallest absolute Gasteiger partial charge is 0.182 e. The van der Waals surface area contributed by atoms with Gasteiger partial charge in [0.15, 0.2) is 5.78 Å². The maximum Gasteiger partial charge on any atom is 0.182 e. The first kappa shape index (κ1) is 12.7. The summed E-state index contributed by atoms with van der Waals surface area (Å²) in [6.45, 7) is 0. The van der Waals surface area contributed by atoms with E-state index < -0.39 is 15.9 Å². The Morgan fingerprint density at radius 1 is 1.44 bits per heavy atom. The molecule has 1 atom stereocenters. The number of hydrogen-bond donors (Lipinski definition) is 1. The lowest BCUT2D eigenvalue weighted by atomic mass is 10.1. The third-order valence-corrected chi connectivity index (χ3v) is 2.96. The van der Waals surface area contributed by atoms with E-state index in [1.54, 1.807) is 0 Å². The van der Waals surface area contributed by atoms with Gasteiger partial charge >= 0.3 is 0 Å². The molecule has 0 fully saturated rings. The first-order valence-corrected chi connectivity index (χ1v) is 6.69. The topological polar surface area (TPSA) is 103 Å². The van der Waals surface area contributed by atoms with E-state index in [9.17, 15) is 13.2 Å². The molecule has 0 aliphatic heterocycles. The molecule has 88 valence electrons. The summed E-state index contributed by atoms with van der Waals surface area (Å²) in [5.74, 6) is -0.447. The van der Waals surface area contributed by atoms with E-state index in [0.717, 1.165) is 6.26 Å². The van der Waals surface area contributed by atoms with E-state index in [1.165, 1.54) is 18.7 Å². The molecule has 0 radical (unpaired) electrons. The number of aromatic nitrogens is 2. The van der Waals surface area contributed by atoms with Gasteiger partial charge in [-0.3, -0.25) is 4.79 Å². The number of rotatable bonds is 5. The molecule has 0 bridgehead atoms. The van der Waals surface area contributed by atoms with Crippen LogP contribution in [0.3, 0.4) is 0 Å². The van der Waals surface area contributed by atoms with Crippen LogP contribution in [0.4, 0.5) is 0 Å². The summed E-state index contributed by atoms with van der Waals surface area (Å²) in [6, 6.07) is -0.833. The first-order valence-electron chi connectivity index (χ1n) is 4.62. The minimum Gasteiger partial charge on any atom is -0.321 e. The Kier molecular flexibility index (Phi) is 4.08. The zero-order valence-electron chi connectivity index (χ0n) is 8.83. The Balaban J connectivity index is 2.62. The van der Waals surface area contributed by atoms with Gasteiger partial charge in [0.25, 0.3) is 0 Å². The highest BCUT2D eigenvalue weighted by Crippen LogP contribution is 2.03. The van der Waals surface area contributed by atoms with Crippen molar-refractivity contribution in [2.24, 2.45) is 5.73 Å². The molecule has 1 aromatic heterocycles.